The van der Waals surface area contributed by atoms with Crippen molar-refractivity contribution < 1.29 is 19.5 Å². The Labute approximate surface area is 158 Å². The van der Waals surface area contributed by atoms with Crippen molar-refractivity contribution in [1.29, 1.82) is 0 Å². The number of amides is 2. The van der Waals surface area contributed by atoms with Gasteiger partial charge in [0, 0.05) is 0 Å². The first kappa shape index (κ1) is 24.1. The number of nitrogens with one attached hydrogen (secondary N) is 2. The first-order valence-corrected chi connectivity index (χ1v) is 11.1. The van der Waals surface area contributed by atoms with E-state index in [1.165, 1.54) is 0 Å². The largest absolute Gasteiger partial charge is 0.480 e. The fraction of sp³-hybridized carbons (Fsp3) is 0.812. The van der Waals surface area contributed by atoms with Gasteiger partial charge in [0.05, 0.1) is 6.04 Å². The van der Waals surface area contributed by atoms with Crippen molar-refractivity contribution in [3.05, 3.63) is 0 Å². The molecule has 0 aromatic carbocycles. The number of hydrogen-bond acceptors (Lipinski definition) is 6. The third-order valence-corrected chi connectivity index (χ3v) is 5.28. The number of aliphatic carboxylic acids is 1. The van der Waals surface area contributed by atoms with Crippen molar-refractivity contribution in [3.8, 4) is 0 Å². The van der Waals surface area contributed by atoms with E-state index in [1.807, 2.05) is 19.4 Å². The molecule has 146 valence electrons. The number of nitrogens with two attached hydrogens (primary N) is 1. The van der Waals surface area contributed by atoms with Crippen LogP contribution in [-0.2, 0) is 14.4 Å². The third kappa shape index (κ3) is 9.37. The zero-order valence-corrected chi connectivity index (χ0v) is 17.0. The smallest absolute Gasteiger partial charge is 0.326 e. The Morgan fingerprint density at radius 3 is 2.08 bits per heavy atom. The van der Waals surface area contributed by atoms with Gasteiger partial charge >= 0.3 is 5.97 Å². The molecule has 0 heterocycles. The minimum absolute atomic E-state index is 0.206. The van der Waals surface area contributed by atoms with Crippen molar-refractivity contribution in [1.82, 2.24) is 10.6 Å². The van der Waals surface area contributed by atoms with Crippen molar-refractivity contribution in [2.45, 2.75) is 51.2 Å². The van der Waals surface area contributed by atoms with Gasteiger partial charge in [0.2, 0.25) is 11.8 Å². The molecular formula is C16H31N3O4S2. The van der Waals surface area contributed by atoms with Crippen molar-refractivity contribution in [2.75, 3.05) is 24.0 Å². The van der Waals surface area contributed by atoms with Gasteiger partial charge in [-0.05, 0) is 42.8 Å². The van der Waals surface area contributed by atoms with Crippen LogP contribution in [0.5, 0.6) is 0 Å². The third-order valence-electron chi connectivity index (χ3n) is 3.99. The maximum absolute atomic E-state index is 12.5. The molecule has 0 saturated carbocycles. The van der Waals surface area contributed by atoms with Crippen LogP contribution in [0.2, 0.25) is 0 Å². The zero-order valence-electron chi connectivity index (χ0n) is 15.4. The fourth-order valence-electron chi connectivity index (χ4n) is 2.10. The summed E-state index contributed by atoms with van der Waals surface area (Å²) in [6.45, 7) is 3.64. The van der Waals surface area contributed by atoms with Crippen LogP contribution < -0.4 is 16.4 Å². The average molecular weight is 394 g/mol. The van der Waals surface area contributed by atoms with Crippen molar-refractivity contribution >= 4 is 41.3 Å². The molecule has 0 rings (SSSR count). The molecule has 7 nitrogen and oxygen atoms in total. The molecule has 0 fully saturated rings. The normalized spacial score (nSPS) is 15.7. The predicted octanol–water partition coefficient (Wildman–Crippen LogP) is 0.920. The Bertz CT molecular complexity index is 438. The van der Waals surface area contributed by atoms with Crippen LogP contribution in [0, 0.1) is 5.92 Å². The van der Waals surface area contributed by atoms with E-state index >= 15 is 0 Å². The number of hydrogen-bond donors (Lipinski definition) is 4. The van der Waals surface area contributed by atoms with Crippen LogP contribution in [-0.4, -0.2) is 65.0 Å². The highest BCUT2D eigenvalue weighted by atomic mass is 32.2. The van der Waals surface area contributed by atoms with Gasteiger partial charge in [-0.1, -0.05) is 20.3 Å². The van der Waals surface area contributed by atoms with E-state index in [9.17, 15) is 19.5 Å². The van der Waals surface area contributed by atoms with E-state index in [1.54, 1.807) is 30.4 Å². The van der Waals surface area contributed by atoms with Crippen molar-refractivity contribution in [3.63, 3.8) is 0 Å². The molecule has 5 N–H and O–H groups in total. The summed E-state index contributed by atoms with van der Waals surface area (Å²) < 4.78 is 0. The van der Waals surface area contributed by atoms with Crippen LogP contribution >= 0.6 is 23.5 Å². The van der Waals surface area contributed by atoms with Gasteiger partial charge in [-0.25, -0.2) is 4.79 Å². The molecule has 0 bridgehead atoms. The summed E-state index contributed by atoms with van der Waals surface area (Å²) in [4.78, 5) is 36.1. The van der Waals surface area contributed by atoms with E-state index in [-0.39, 0.29) is 11.8 Å². The number of rotatable bonds is 13. The lowest BCUT2D eigenvalue weighted by molar-refractivity contribution is -0.143. The SMILES string of the molecule is CC[C@H](C)[C@H](NC(=O)[C@H](CCSC)NC(=O)[C@@H](N)CCSC)C(=O)O. The fourth-order valence-corrected chi connectivity index (χ4v) is 3.06. The highest BCUT2D eigenvalue weighted by Crippen LogP contribution is 2.10. The van der Waals surface area contributed by atoms with Crippen LogP contribution in [0.15, 0.2) is 0 Å². The molecule has 9 heteroatoms. The molecule has 0 unspecified atom stereocenters. The number of carboxylic acid groups (broad SMARTS) is 1. The molecule has 0 saturated heterocycles. The van der Waals surface area contributed by atoms with Crippen LogP contribution in [0.25, 0.3) is 0 Å². The standard InChI is InChI=1S/C16H31N3O4S2/c1-5-10(2)13(16(22)23)19-15(21)12(7-9-25-4)18-14(20)11(17)6-8-24-3/h10-13H,5-9,17H2,1-4H3,(H,18,20)(H,19,21)(H,22,23)/t10-,11-,12-,13-/m0/s1. The summed E-state index contributed by atoms with van der Waals surface area (Å²) in [5.41, 5.74) is 5.84. The number of carbonyl (C=O) groups excluding carboxylic acids is 2. The van der Waals surface area contributed by atoms with Gasteiger partial charge < -0.3 is 21.5 Å². The Balaban J connectivity index is 4.95. The Morgan fingerprint density at radius 2 is 1.60 bits per heavy atom. The highest BCUT2D eigenvalue weighted by molar-refractivity contribution is 7.98. The minimum atomic E-state index is -1.07. The van der Waals surface area contributed by atoms with Crippen LogP contribution in [0.1, 0.15) is 33.1 Å². The molecule has 0 aromatic rings. The molecule has 25 heavy (non-hydrogen) atoms. The highest BCUT2D eigenvalue weighted by Gasteiger charge is 2.30. The van der Waals surface area contributed by atoms with E-state index in [4.69, 9.17) is 5.73 Å². The van der Waals surface area contributed by atoms with Crippen LogP contribution in [0.3, 0.4) is 0 Å². The molecule has 0 aliphatic rings. The Hall–Kier alpha value is -0.930. The molecule has 0 radical (unpaired) electrons. The van der Waals surface area contributed by atoms with Gasteiger partial charge in [-0.15, -0.1) is 0 Å². The molecule has 0 aromatic heterocycles. The van der Waals surface area contributed by atoms with Crippen LogP contribution in [0.4, 0.5) is 0 Å². The van der Waals surface area contributed by atoms with E-state index in [0.29, 0.717) is 25.0 Å². The summed E-state index contributed by atoms with van der Waals surface area (Å²) in [6, 6.07) is -2.44. The summed E-state index contributed by atoms with van der Waals surface area (Å²) in [5, 5.41) is 14.5. The lowest BCUT2D eigenvalue weighted by atomic mass is 9.98. The quantitative estimate of drug-likeness (QED) is 0.367. The number of thioether (sulfide) groups is 2. The second-order valence-electron chi connectivity index (χ2n) is 5.94. The van der Waals surface area contributed by atoms with E-state index in [0.717, 1.165) is 5.75 Å². The molecule has 2 amide bonds. The van der Waals surface area contributed by atoms with Crippen molar-refractivity contribution in [2.24, 2.45) is 11.7 Å². The second kappa shape index (κ2) is 13.3. The summed E-state index contributed by atoms with van der Waals surface area (Å²) in [5.74, 6) is -0.723. The average Bonchev–Trinajstić information content (AvgIpc) is 2.59. The lowest BCUT2D eigenvalue weighted by Gasteiger charge is -2.25. The Morgan fingerprint density at radius 1 is 1.04 bits per heavy atom. The summed E-state index contributed by atoms with van der Waals surface area (Å²) in [7, 11) is 0. The van der Waals surface area contributed by atoms with Gasteiger partial charge in [-0.3, -0.25) is 9.59 Å². The minimum Gasteiger partial charge on any atom is -0.480 e. The summed E-state index contributed by atoms with van der Waals surface area (Å²) >= 11 is 3.15. The van der Waals surface area contributed by atoms with Gasteiger partial charge in [0.1, 0.15) is 12.1 Å². The lowest BCUT2D eigenvalue weighted by Crippen LogP contribution is -2.55. The van der Waals surface area contributed by atoms with Gasteiger partial charge in [-0.2, -0.15) is 23.5 Å². The molecular weight excluding hydrogens is 362 g/mol. The second-order valence-corrected chi connectivity index (χ2v) is 7.91. The van der Waals surface area contributed by atoms with Gasteiger partial charge in [0.25, 0.3) is 0 Å². The van der Waals surface area contributed by atoms with Gasteiger partial charge in [0.15, 0.2) is 0 Å². The number of carboxylic acids is 1. The monoisotopic (exact) mass is 393 g/mol. The molecule has 4 atom stereocenters. The zero-order chi connectivity index (χ0) is 19.4. The molecule has 0 aliphatic heterocycles. The number of carbonyl (C=O) groups is 3. The topological polar surface area (TPSA) is 122 Å². The molecule has 0 aliphatic carbocycles. The van der Waals surface area contributed by atoms with E-state index in [2.05, 4.69) is 10.6 Å². The maximum Gasteiger partial charge on any atom is 0.326 e. The first-order valence-electron chi connectivity index (χ1n) is 8.35. The maximum atomic E-state index is 12.5. The summed E-state index contributed by atoms with van der Waals surface area (Å²) in [6.07, 6.45) is 5.40. The first-order chi connectivity index (χ1) is 11.8. The molecule has 0 spiro atoms. The van der Waals surface area contributed by atoms with E-state index < -0.39 is 30.0 Å². The Kier molecular flexibility index (Phi) is 12.8. The predicted molar refractivity (Wildman–Crippen MR) is 105 cm³/mol.